The molecule has 0 aliphatic heterocycles. The van der Waals surface area contributed by atoms with Crippen LogP contribution < -0.4 is 5.73 Å². The van der Waals surface area contributed by atoms with Crippen LogP contribution in [0.4, 0.5) is 4.39 Å². The van der Waals surface area contributed by atoms with E-state index in [1.165, 1.54) is 17.8 Å². The van der Waals surface area contributed by atoms with Crippen LogP contribution in [-0.4, -0.2) is 4.98 Å². The minimum atomic E-state index is -0.271. The fourth-order valence-electron chi connectivity index (χ4n) is 1.53. The van der Waals surface area contributed by atoms with Gasteiger partial charge < -0.3 is 5.73 Å². The molecule has 0 saturated heterocycles. The molecular formula is C13H12BrFN2S. The van der Waals surface area contributed by atoms with Gasteiger partial charge in [-0.05, 0) is 46.6 Å². The van der Waals surface area contributed by atoms with Crippen LogP contribution in [0, 0.1) is 5.82 Å². The Labute approximate surface area is 118 Å². The van der Waals surface area contributed by atoms with Crippen molar-refractivity contribution in [1.29, 1.82) is 0 Å². The van der Waals surface area contributed by atoms with Crippen molar-refractivity contribution < 1.29 is 4.39 Å². The molecular weight excluding hydrogens is 315 g/mol. The minimum absolute atomic E-state index is 0.217. The average molecular weight is 327 g/mol. The van der Waals surface area contributed by atoms with Gasteiger partial charge in [-0.3, -0.25) is 0 Å². The number of hydrogen-bond acceptors (Lipinski definition) is 3. The van der Waals surface area contributed by atoms with Gasteiger partial charge in [0, 0.05) is 12.2 Å². The molecule has 2 aromatic rings. The van der Waals surface area contributed by atoms with E-state index in [4.69, 9.17) is 5.73 Å². The maximum atomic E-state index is 13.9. The van der Waals surface area contributed by atoms with Crippen LogP contribution in [0.2, 0.25) is 0 Å². The minimum Gasteiger partial charge on any atom is -0.324 e. The molecule has 2 N–H and O–H groups in total. The van der Waals surface area contributed by atoms with E-state index in [2.05, 4.69) is 20.9 Å². The molecule has 1 heterocycles. The van der Waals surface area contributed by atoms with Gasteiger partial charge >= 0.3 is 0 Å². The van der Waals surface area contributed by atoms with E-state index in [1.54, 1.807) is 12.3 Å². The summed E-state index contributed by atoms with van der Waals surface area (Å²) >= 11 is 4.69. The lowest BCUT2D eigenvalue weighted by atomic mass is 10.1. The van der Waals surface area contributed by atoms with Crippen molar-refractivity contribution >= 4 is 27.7 Å². The molecule has 1 atom stereocenters. The fraction of sp³-hybridized carbons (Fsp3) is 0.154. The zero-order valence-corrected chi connectivity index (χ0v) is 12.1. The predicted molar refractivity (Wildman–Crippen MR) is 75.1 cm³/mol. The van der Waals surface area contributed by atoms with Gasteiger partial charge in [0.1, 0.15) is 10.8 Å². The van der Waals surface area contributed by atoms with E-state index in [-0.39, 0.29) is 11.9 Å². The van der Waals surface area contributed by atoms with Gasteiger partial charge in [-0.2, -0.15) is 0 Å². The summed E-state index contributed by atoms with van der Waals surface area (Å²) < 4.78 is 14.7. The molecule has 5 heteroatoms. The van der Waals surface area contributed by atoms with Gasteiger partial charge in [0.15, 0.2) is 0 Å². The van der Waals surface area contributed by atoms with E-state index in [0.717, 1.165) is 15.1 Å². The molecule has 2 rings (SSSR count). The van der Waals surface area contributed by atoms with Gasteiger partial charge in [-0.25, -0.2) is 9.37 Å². The first-order valence-corrected chi connectivity index (χ1v) is 7.03. The first-order valence-electron chi connectivity index (χ1n) is 5.42. The van der Waals surface area contributed by atoms with Gasteiger partial charge in [-0.1, -0.05) is 23.9 Å². The Morgan fingerprint density at radius 2 is 2.11 bits per heavy atom. The smallest absolute Gasteiger partial charge is 0.137 e. The molecule has 0 spiro atoms. The zero-order chi connectivity index (χ0) is 13.1. The fourth-order valence-corrected chi connectivity index (χ4v) is 3.04. The summed E-state index contributed by atoms with van der Waals surface area (Å²) in [5, 5.41) is 0.726. The maximum absolute atomic E-state index is 13.9. The highest BCUT2D eigenvalue weighted by atomic mass is 79.9. The first-order chi connectivity index (χ1) is 8.59. The summed E-state index contributed by atoms with van der Waals surface area (Å²) in [6.45, 7) is 1.84. The Hall–Kier alpha value is -0.910. The third-order valence-electron chi connectivity index (χ3n) is 2.41. The molecule has 2 nitrogen and oxygen atoms in total. The van der Waals surface area contributed by atoms with Crippen molar-refractivity contribution in [1.82, 2.24) is 4.98 Å². The summed E-state index contributed by atoms with van der Waals surface area (Å²) in [4.78, 5) is 4.76. The second-order valence-electron chi connectivity index (χ2n) is 3.84. The summed E-state index contributed by atoms with van der Waals surface area (Å²) in [6.07, 6.45) is 1.68. The summed E-state index contributed by atoms with van der Waals surface area (Å²) in [6, 6.07) is 8.43. The summed E-state index contributed by atoms with van der Waals surface area (Å²) in [7, 11) is 0. The Morgan fingerprint density at radius 1 is 1.33 bits per heavy atom. The number of pyridine rings is 1. The molecule has 1 aromatic heterocycles. The van der Waals surface area contributed by atoms with Crippen molar-refractivity contribution in [2.24, 2.45) is 5.73 Å². The molecule has 1 aromatic carbocycles. The van der Waals surface area contributed by atoms with Crippen LogP contribution in [0.25, 0.3) is 0 Å². The maximum Gasteiger partial charge on any atom is 0.137 e. The molecule has 0 fully saturated rings. The third kappa shape index (κ3) is 2.91. The third-order valence-corrected chi connectivity index (χ3v) is 4.47. The number of aromatic nitrogens is 1. The number of rotatable bonds is 3. The summed E-state index contributed by atoms with van der Waals surface area (Å²) in [5.41, 5.74) is 6.65. The molecule has 0 unspecified atom stereocenters. The van der Waals surface area contributed by atoms with Crippen LogP contribution >= 0.6 is 27.7 Å². The quantitative estimate of drug-likeness (QED) is 0.920. The molecule has 0 aliphatic carbocycles. The Bertz CT molecular complexity index is 560. The van der Waals surface area contributed by atoms with Crippen molar-refractivity contribution in [3.05, 3.63) is 52.4 Å². The normalized spacial score (nSPS) is 12.4. The lowest BCUT2D eigenvalue weighted by Gasteiger charge is -2.13. The van der Waals surface area contributed by atoms with E-state index >= 15 is 0 Å². The number of hydrogen-bond donors (Lipinski definition) is 1. The standard InChI is InChI=1S/C13H12BrFN2S/c1-8(16)9-4-2-6-11(15)12(9)18-13-10(14)5-3-7-17-13/h2-8H,16H2,1H3/t8-/m0/s1. The largest absolute Gasteiger partial charge is 0.324 e. The average Bonchev–Trinajstić information content (AvgIpc) is 2.34. The number of halogens is 2. The van der Waals surface area contributed by atoms with Gasteiger partial charge in [0.25, 0.3) is 0 Å². The van der Waals surface area contributed by atoms with Crippen molar-refractivity contribution in [2.75, 3.05) is 0 Å². The summed E-state index contributed by atoms with van der Waals surface area (Å²) in [5.74, 6) is -0.271. The van der Waals surface area contributed by atoms with Crippen molar-refractivity contribution in [3.63, 3.8) is 0 Å². The second kappa shape index (κ2) is 5.82. The molecule has 0 bridgehead atoms. The Morgan fingerprint density at radius 3 is 2.78 bits per heavy atom. The zero-order valence-electron chi connectivity index (χ0n) is 9.73. The van der Waals surface area contributed by atoms with E-state index in [0.29, 0.717) is 4.90 Å². The van der Waals surface area contributed by atoms with Crippen molar-refractivity contribution in [2.45, 2.75) is 22.9 Å². The second-order valence-corrected chi connectivity index (χ2v) is 5.69. The number of benzene rings is 1. The predicted octanol–water partition coefficient (Wildman–Crippen LogP) is 4.15. The highest BCUT2D eigenvalue weighted by molar-refractivity contribution is 9.10. The lowest BCUT2D eigenvalue weighted by molar-refractivity contribution is 0.591. The van der Waals surface area contributed by atoms with Crippen molar-refractivity contribution in [3.8, 4) is 0 Å². The molecule has 18 heavy (non-hydrogen) atoms. The van der Waals surface area contributed by atoms with Crippen LogP contribution in [0.15, 0.2) is 50.9 Å². The SMILES string of the molecule is C[C@H](N)c1cccc(F)c1Sc1ncccc1Br. The van der Waals surface area contributed by atoms with Gasteiger partial charge in [0.2, 0.25) is 0 Å². The number of nitrogens with zero attached hydrogens (tertiary/aromatic N) is 1. The number of nitrogens with two attached hydrogens (primary N) is 1. The Kier molecular flexibility index (Phi) is 4.37. The van der Waals surface area contributed by atoms with Crippen LogP contribution in [0.3, 0.4) is 0 Å². The van der Waals surface area contributed by atoms with Crippen LogP contribution in [-0.2, 0) is 0 Å². The Balaban J connectivity index is 2.43. The van der Waals surface area contributed by atoms with E-state index in [1.807, 2.05) is 25.1 Å². The molecule has 94 valence electrons. The molecule has 0 aliphatic rings. The highest BCUT2D eigenvalue weighted by Gasteiger charge is 2.14. The van der Waals surface area contributed by atoms with Crippen LogP contribution in [0.1, 0.15) is 18.5 Å². The molecule has 0 radical (unpaired) electrons. The van der Waals surface area contributed by atoms with Gasteiger partial charge in [0.05, 0.1) is 9.37 Å². The molecule has 0 amide bonds. The van der Waals surface area contributed by atoms with E-state index in [9.17, 15) is 4.39 Å². The topological polar surface area (TPSA) is 38.9 Å². The van der Waals surface area contributed by atoms with Gasteiger partial charge in [-0.15, -0.1) is 0 Å². The van der Waals surface area contributed by atoms with E-state index < -0.39 is 0 Å². The molecule has 0 saturated carbocycles. The monoisotopic (exact) mass is 326 g/mol. The lowest BCUT2D eigenvalue weighted by Crippen LogP contribution is -2.07. The highest BCUT2D eigenvalue weighted by Crippen LogP contribution is 2.36. The van der Waals surface area contributed by atoms with Crippen LogP contribution in [0.5, 0.6) is 0 Å². The first kappa shape index (κ1) is 13.5.